The average Bonchev–Trinajstić information content (AvgIpc) is 2.69. The van der Waals surface area contributed by atoms with E-state index in [1.165, 1.54) is 19.3 Å². The van der Waals surface area contributed by atoms with Crippen LogP contribution in [0.5, 0.6) is 5.75 Å². The summed E-state index contributed by atoms with van der Waals surface area (Å²) in [6.45, 7) is 0.160. The van der Waals surface area contributed by atoms with E-state index < -0.39 is 17.8 Å². The van der Waals surface area contributed by atoms with Crippen LogP contribution in [-0.4, -0.2) is 48.1 Å². The molecular formula is C20H17BrN2O5. The molecule has 4 amide bonds. The number of aromatic hydroxyl groups is 1. The van der Waals surface area contributed by atoms with Gasteiger partial charge in [0.2, 0.25) is 0 Å². The number of urea groups is 1. The topological polar surface area (TPSA) is 87.2 Å². The summed E-state index contributed by atoms with van der Waals surface area (Å²) in [7, 11) is 1.46. The first-order chi connectivity index (χ1) is 13.4. The van der Waals surface area contributed by atoms with Gasteiger partial charge in [0.15, 0.2) is 0 Å². The average molecular weight is 445 g/mol. The predicted octanol–water partition coefficient (Wildman–Crippen LogP) is 3.18. The molecule has 0 unspecified atom stereocenters. The van der Waals surface area contributed by atoms with Gasteiger partial charge in [0, 0.05) is 7.11 Å². The largest absolute Gasteiger partial charge is 0.507 e. The summed E-state index contributed by atoms with van der Waals surface area (Å²) in [5.74, 6) is -1.37. The molecule has 2 aromatic carbocycles. The van der Waals surface area contributed by atoms with Crippen LogP contribution in [0.25, 0.3) is 6.08 Å². The summed E-state index contributed by atoms with van der Waals surface area (Å²) < 4.78 is 5.41. The maximum Gasteiger partial charge on any atom is 0.338 e. The van der Waals surface area contributed by atoms with Crippen molar-refractivity contribution in [1.82, 2.24) is 4.90 Å². The normalized spacial score (nSPS) is 16.2. The van der Waals surface area contributed by atoms with Crippen molar-refractivity contribution in [2.24, 2.45) is 0 Å². The number of benzene rings is 2. The summed E-state index contributed by atoms with van der Waals surface area (Å²) >= 11 is 3.20. The van der Waals surface area contributed by atoms with E-state index in [9.17, 15) is 19.5 Å². The zero-order valence-corrected chi connectivity index (χ0v) is 16.5. The zero-order chi connectivity index (χ0) is 20.3. The van der Waals surface area contributed by atoms with Gasteiger partial charge >= 0.3 is 6.03 Å². The van der Waals surface area contributed by atoms with E-state index >= 15 is 0 Å². The van der Waals surface area contributed by atoms with Gasteiger partial charge in [-0.1, -0.05) is 24.3 Å². The highest BCUT2D eigenvalue weighted by molar-refractivity contribution is 9.10. The Morgan fingerprint density at radius 3 is 2.43 bits per heavy atom. The number of hydrogen-bond donors (Lipinski definition) is 1. The number of methoxy groups -OCH3 is 1. The van der Waals surface area contributed by atoms with Crippen LogP contribution >= 0.6 is 15.9 Å². The van der Waals surface area contributed by atoms with Gasteiger partial charge in [-0.3, -0.25) is 14.5 Å². The molecule has 1 fully saturated rings. The number of para-hydroxylation sites is 1. The van der Waals surface area contributed by atoms with Gasteiger partial charge in [-0.05, 0) is 51.8 Å². The van der Waals surface area contributed by atoms with Crippen LogP contribution in [0.1, 0.15) is 5.56 Å². The number of phenolic OH excluding ortho intramolecular Hbond substituents is 1. The van der Waals surface area contributed by atoms with Crippen LogP contribution in [0.4, 0.5) is 10.5 Å². The Hall–Kier alpha value is -2.97. The summed E-state index contributed by atoms with van der Waals surface area (Å²) in [6, 6.07) is 12.3. The monoisotopic (exact) mass is 444 g/mol. The fraction of sp³-hybridized carbons (Fsp3) is 0.150. The highest BCUT2D eigenvalue weighted by Crippen LogP contribution is 2.28. The second-order valence-corrected chi connectivity index (χ2v) is 6.83. The molecule has 3 rings (SSSR count). The molecule has 1 N–H and O–H groups in total. The number of ether oxygens (including phenoxy) is 1. The van der Waals surface area contributed by atoms with Crippen molar-refractivity contribution in [2.75, 3.05) is 25.2 Å². The number of rotatable bonds is 5. The molecular weight excluding hydrogens is 428 g/mol. The molecule has 1 aliphatic rings. The number of carbonyl (C=O) groups is 3. The van der Waals surface area contributed by atoms with E-state index in [1.807, 2.05) is 0 Å². The van der Waals surface area contributed by atoms with Crippen molar-refractivity contribution in [2.45, 2.75) is 0 Å². The Kier molecular flexibility index (Phi) is 5.91. The molecule has 0 aliphatic carbocycles. The van der Waals surface area contributed by atoms with Crippen molar-refractivity contribution in [3.05, 3.63) is 64.1 Å². The van der Waals surface area contributed by atoms with Gasteiger partial charge in [0.05, 0.1) is 23.3 Å². The maximum atomic E-state index is 13.0. The Morgan fingerprint density at radius 2 is 1.79 bits per heavy atom. The van der Waals surface area contributed by atoms with E-state index in [-0.39, 0.29) is 24.5 Å². The Balaban J connectivity index is 2.07. The van der Waals surface area contributed by atoms with Crippen LogP contribution < -0.4 is 4.90 Å². The summed E-state index contributed by atoms with van der Waals surface area (Å²) in [6.07, 6.45) is 1.40. The third-order valence-electron chi connectivity index (χ3n) is 4.15. The quantitative estimate of drug-likeness (QED) is 0.565. The number of phenols is 1. The molecule has 0 bridgehead atoms. The molecule has 1 heterocycles. The van der Waals surface area contributed by atoms with Gasteiger partial charge in [-0.25, -0.2) is 9.69 Å². The van der Waals surface area contributed by atoms with Crippen molar-refractivity contribution in [3.8, 4) is 5.75 Å². The lowest BCUT2D eigenvalue weighted by Crippen LogP contribution is -2.57. The van der Waals surface area contributed by atoms with E-state index in [4.69, 9.17) is 4.74 Å². The molecule has 0 atom stereocenters. The van der Waals surface area contributed by atoms with Crippen molar-refractivity contribution in [1.29, 1.82) is 0 Å². The molecule has 0 radical (unpaired) electrons. The molecule has 0 aromatic heterocycles. The lowest BCUT2D eigenvalue weighted by Gasteiger charge is -2.33. The predicted molar refractivity (Wildman–Crippen MR) is 107 cm³/mol. The van der Waals surface area contributed by atoms with Crippen molar-refractivity contribution in [3.63, 3.8) is 0 Å². The SMILES string of the molecule is COCCN1C(=O)/C(=C/c2ccc(O)c(Br)c2)C(=O)N(c2ccccc2)C1=O. The second kappa shape index (κ2) is 8.37. The summed E-state index contributed by atoms with van der Waals surface area (Å²) in [5.41, 5.74) is 0.734. The molecule has 0 spiro atoms. The minimum absolute atomic E-state index is 0.0153. The maximum absolute atomic E-state index is 13.0. The molecule has 1 aliphatic heterocycles. The van der Waals surface area contributed by atoms with Gasteiger partial charge in [-0.2, -0.15) is 0 Å². The van der Waals surface area contributed by atoms with Gasteiger partial charge in [0.1, 0.15) is 11.3 Å². The number of halogens is 1. The van der Waals surface area contributed by atoms with Crippen molar-refractivity contribution >= 4 is 45.5 Å². The first-order valence-corrected chi connectivity index (χ1v) is 9.18. The number of carbonyl (C=O) groups excluding carboxylic acids is 3. The summed E-state index contributed by atoms with van der Waals surface area (Å²) in [4.78, 5) is 40.7. The number of imide groups is 2. The number of nitrogens with zero attached hydrogens (tertiary/aromatic N) is 2. The third-order valence-corrected chi connectivity index (χ3v) is 4.78. The minimum Gasteiger partial charge on any atom is -0.507 e. The third kappa shape index (κ3) is 3.83. The highest BCUT2D eigenvalue weighted by Gasteiger charge is 2.42. The molecule has 8 heteroatoms. The smallest absolute Gasteiger partial charge is 0.338 e. The lowest BCUT2D eigenvalue weighted by atomic mass is 10.1. The Labute approximate surface area is 169 Å². The molecule has 7 nitrogen and oxygen atoms in total. The molecule has 1 saturated heterocycles. The van der Waals surface area contributed by atoms with Crippen molar-refractivity contribution < 1.29 is 24.2 Å². The van der Waals surface area contributed by atoms with E-state index in [0.29, 0.717) is 15.7 Å². The standard InChI is InChI=1S/C20H17BrN2O5/c1-28-10-9-22-18(25)15(11-13-7-8-17(24)16(21)12-13)19(26)23(20(22)27)14-5-3-2-4-6-14/h2-8,11-12,24H,9-10H2,1H3/b15-11-. The summed E-state index contributed by atoms with van der Waals surface area (Å²) in [5, 5.41) is 9.64. The van der Waals surface area contributed by atoms with Gasteiger partial charge < -0.3 is 9.84 Å². The zero-order valence-electron chi connectivity index (χ0n) is 15.0. The van der Waals surface area contributed by atoms with E-state index in [0.717, 1.165) is 9.80 Å². The van der Waals surface area contributed by atoms with E-state index in [2.05, 4.69) is 15.9 Å². The first kappa shape index (κ1) is 19.8. The van der Waals surface area contributed by atoms with E-state index in [1.54, 1.807) is 42.5 Å². The van der Waals surface area contributed by atoms with Crippen LogP contribution in [0, 0.1) is 0 Å². The Bertz CT molecular complexity index is 958. The Morgan fingerprint density at radius 1 is 1.07 bits per heavy atom. The number of barbiturate groups is 1. The molecule has 0 saturated carbocycles. The first-order valence-electron chi connectivity index (χ1n) is 8.38. The fourth-order valence-corrected chi connectivity index (χ4v) is 3.14. The van der Waals surface area contributed by atoms with Crippen LogP contribution in [0.3, 0.4) is 0 Å². The molecule has 144 valence electrons. The minimum atomic E-state index is -0.720. The number of anilines is 1. The number of amides is 4. The second-order valence-electron chi connectivity index (χ2n) is 5.98. The van der Waals surface area contributed by atoms with Gasteiger partial charge in [-0.15, -0.1) is 0 Å². The van der Waals surface area contributed by atoms with Crippen LogP contribution in [0.15, 0.2) is 58.6 Å². The molecule has 28 heavy (non-hydrogen) atoms. The van der Waals surface area contributed by atoms with Crippen LogP contribution in [0.2, 0.25) is 0 Å². The number of hydrogen-bond acceptors (Lipinski definition) is 5. The van der Waals surface area contributed by atoms with Gasteiger partial charge in [0.25, 0.3) is 11.8 Å². The van der Waals surface area contributed by atoms with Crippen LogP contribution in [-0.2, 0) is 14.3 Å². The lowest BCUT2D eigenvalue weighted by molar-refractivity contribution is -0.129. The fourth-order valence-electron chi connectivity index (χ4n) is 2.74. The molecule has 2 aromatic rings. The highest BCUT2D eigenvalue weighted by atomic mass is 79.9.